The minimum Gasteiger partial charge on any atom is -0.370 e. The number of halogens is 2. The molecule has 3 rings (SSSR count). The van der Waals surface area contributed by atoms with Crippen molar-refractivity contribution < 1.29 is 13.9 Å². The number of rotatable bonds is 2. The number of morpholine rings is 1. The van der Waals surface area contributed by atoms with Gasteiger partial charge in [-0.05, 0) is 23.8 Å². The Morgan fingerprint density at radius 2 is 2.00 bits per heavy atom. The molecule has 1 saturated heterocycles. The summed E-state index contributed by atoms with van der Waals surface area (Å²) in [5.74, 6) is -0.806. The van der Waals surface area contributed by atoms with Crippen LogP contribution < -0.4 is 0 Å². The minimum atomic E-state index is -0.504. The number of carbonyl (C=O) groups excluding carboxylic acids is 1. The second-order valence-electron chi connectivity index (χ2n) is 5.15. The fraction of sp³-hybridized carbons (Fsp3) is 0.235. The first-order valence-corrected chi connectivity index (χ1v) is 7.85. The van der Waals surface area contributed by atoms with Crippen LogP contribution in [-0.4, -0.2) is 30.5 Å². The molecule has 1 atom stereocenters. The second kappa shape index (κ2) is 6.58. The first kappa shape index (κ1) is 15.2. The first-order chi connectivity index (χ1) is 10.6. The number of amides is 1. The van der Waals surface area contributed by atoms with Crippen LogP contribution in [0.2, 0.25) is 0 Å². The highest BCUT2D eigenvalue weighted by atomic mass is 79.9. The fourth-order valence-electron chi connectivity index (χ4n) is 2.53. The van der Waals surface area contributed by atoms with E-state index in [0.717, 1.165) is 5.56 Å². The van der Waals surface area contributed by atoms with Crippen LogP contribution in [0.4, 0.5) is 4.39 Å². The van der Waals surface area contributed by atoms with Crippen molar-refractivity contribution in [3.05, 3.63) is 69.9 Å². The van der Waals surface area contributed by atoms with Crippen LogP contribution in [0.3, 0.4) is 0 Å². The molecule has 0 unspecified atom stereocenters. The first-order valence-electron chi connectivity index (χ1n) is 7.06. The molecule has 1 aliphatic heterocycles. The molecule has 22 heavy (non-hydrogen) atoms. The van der Waals surface area contributed by atoms with Gasteiger partial charge in [-0.2, -0.15) is 0 Å². The largest absolute Gasteiger partial charge is 0.370 e. The van der Waals surface area contributed by atoms with Crippen LogP contribution in [0.25, 0.3) is 0 Å². The molecule has 0 aromatic heterocycles. The van der Waals surface area contributed by atoms with Crippen molar-refractivity contribution in [3.63, 3.8) is 0 Å². The lowest BCUT2D eigenvalue weighted by atomic mass is 10.1. The average Bonchev–Trinajstić information content (AvgIpc) is 2.57. The Labute approximate surface area is 136 Å². The Balaban J connectivity index is 1.80. The third-order valence-corrected chi connectivity index (χ3v) is 4.18. The summed E-state index contributed by atoms with van der Waals surface area (Å²) in [5.41, 5.74) is 1.11. The second-order valence-corrected chi connectivity index (χ2v) is 6.06. The number of nitrogens with zero attached hydrogens (tertiary/aromatic N) is 1. The van der Waals surface area contributed by atoms with E-state index < -0.39 is 5.82 Å². The maximum Gasteiger partial charge on any atom is 0.257 e. The summed E-state index contributed by atoms with van der Waals surface area (Å²) in [4.78, 5) is 14.2. The number of hydrogen-bond acceptors (Lipinski definition) is 2. The van der Waals surface area contributed by atoms with Gasteiger partial charge in [-0.15, -0.1) is 0 Å². The van der Waals surface area contributed by atoms with Gasteiger partial charge in [0.2, 0.25) is 0 Å². The molecule has 0 spiro atoms. The molecule has 0 N–H and O–H groups in total. The fourth-order valence-corrected chi connectivity index (χ4v) is 2.90. The standard InChI is InChI=1S/C17H15BrFNO2/c18-13-6-7-15(19)14(10-13)17(21)20-8-9-22-16(11-20)12-4-2-1-3-5-12/h1-7,10,16H,8-9,11H2/t16-/m1/s1. The molecule has 1 heterocycles. The SMILES string of the molecule is O=C(c1cc(Br)ccc1F)N1CCO[C@@H](c2ccccc2)C1. The van der Waals surface area contributed by atoms with Gasteiger partial charge in [0.15, 0.2) is 0 Å². The Kier molecular flexibility index (Phi) is 4.55. The molecule has 0 bridgehead atoms. The van der Waals surface area contributed by atoms with Gasteiger partial charge >= 0.3 is 0 Å². The molecule has 2 aromatic carbocycles. The predicted molar refractivity (Wildman–Crippen MR) is 85.1 cm³/mol. The van der Waals surface area contributed by atoms with Gasteiger partial charge in [-0.1, -0.05) is 46.3 Å². The Hall–Kier alpha value is -1.72. The lowest BCUT2D eigenvalue weighted by Gasteiger charge is -2.33. The van der Waals surface area contributed by atoms with E-state index in [1.807, 2.05) is 30.3 Å². The van der Waals surface area contributed by atoms with E-state index in [4.69, 9.17) is 4.74 Å². The minimum absolute atomic E-state index is 0.0862. The van der Waals surface area contributed by atoms with Gasteiger partial charge in [-0.3, -0.25) is 4.79 Å². The zero-order valence-corrected chi connectivity index (χ0v) is 13.4. The van der Waals surface area contributed by atoms with Crippen molar-refractivity contribution in [2.75, 3.05) is 19.7 Å². The smallest absolute Gasteiger partial charge is 0.257 e. The third kappa shape index (κ3) is 3.20. The summed E-state index contributed by atoms with van der Waals surface area (Å²) in [7, 11) is 0. The van der Waals surface area contributed by atoms with Gasteiger partial charge in [0.25, 0.3) is 5.91 Å². The molecule has 1 amide bonds. The van der Waals surface area contributed by atoms with E-state index in [9.17, 15) is 9.18 Å². The summed E-state index contributed by atoms with van der Waals surface area (Å²) in [6.45, 7) is 1.34. The van der Waals surface area contributed by atoms with Crippen molar-refractivity contribution in [2.45, 2.75) is 6.10 Å². The van der Waals surface area contributed by atoms with Crippen molar-refractivity contribution in [3.8, 4) is 0 Å². The lowest BCUT2D eigenvalue weighted by molar-refractivity contribution is -0.0229. The highest BCUT2D eigenvalue weighted by molar-refractivity contribution is 9.10. The monoisotopic (exact) mass is 363 g/mol. The molecule has 1 fully saturated rings. The van der Waals surface area contributed by atoms with Crippen LogP contribution in [-0.2, 0) is 4.74 Å². The number of benzene rings is 2. The van der Waals surface area contributed by atoms with E-state index in [0.29, 0.717) is 24.2 Å². The van der Waals surface area contributed by atoms with E-state index >= 15 is 0 Å². The van der Waals surface area contributed by atoms with Gasteiger partial charge in [-0.25, -0.2) is 4.39 Å². The van der Waals surface area contributed by atoms with Gasteiger partial charge < -0.3 is 9.64 Å². The summed E-state index contributed by atoms with van der Waals surface area (Å²) >= 11 is 3.28. The summed E-state index contributed by atoms with van der Waals surface area (Å²) < 4.78 is 20.3. The lowest BCUT2D eigenvalue weighted by Crippen LogP contribution is -2.42. The van der Waals surface area contributed by atoms with Crippen molar-refractivity contribution in [1.29, 1.82) is 0 Å². The van der Waals surface area contributed by atoms with Gasteiger partial charge in [0, 0.05) is 11.0 Å². The zero-order chi connectivity index (χ0) is 15.5. The number of carbonyl (C=O) groups is 1. The summed E-state index contributed by atoms with van der Waals surface area (Å²) in [6.07, 6.45) is -0.172. The zero-order valence-electron chi connectivity index (χ0n) is 11.8. The van der Waals surface area contributed by atoms with Crippen LogP contribution in [0, 0.1) is 5.82 Å². The molecule has 2 aromatic rings. The predicted octanol–water partition coefficient (Wildman–Crippen LogP) is 3.80. The molecule has 3 nitrogen and oxygen atoms in total. The normalized spacial score (nSPS) is 18.3. The topological polar surface area (TPSA) is 29.5 Å². The summed E-state index contributed by atoms with van der Waals surface area (Å²) in [5, 5.41) is 0. The van der Waals surface area contributed by atoms with Crippen molar-refractivity contribution in [1.82, 2.24) is 4.90 Å². The molecule has 0 saturated carbocycles. The molecular formula is C17H15BrFNO2. The quantitative estimate of drug-likeness (QED) is 0.811. The van der Waals surface area contributed by atoms with Crippen molar-refractivity contribution in [2.24, 2.45) is 0 Å². The number of ether oxygens (including phenoxy) is 1. The Morgan fingerprint density at radius 3 is 2.77 bits per heavy atom. The maximum absolute atomic E-state index is 13.9. The highest BCUT2D eigenvalue weighted by Gasteiger charge is 2.27. The van der Waals surface area contributed by atoms with E-state index in [1.54, 1.807) is 11.0 Å². The molecule has 0 aliphatic carbocycles. The van der Waals surface area contributed by atoms with Gasteiger partial charge in [0.05, 0.1) is 18.7 Å². The molecule has 114 valence electrons. The third-order valence-electron chi connectivity index (χ3n) is 3.68. The Bertz CT molecular complexity index is 678. The van der Waals surface area contributed by atoms with Crippen molar-refractivity contribution >= 4 is 21.8 Å². The molecule has 1 aliphatic rings. The molecule has 0 radical (unpaired) electrons. The Morgan fingerprint density at radius 1 is 1.23 bits per heavy atom. The molecule has 5 heteroatoms. The number of hydrogen-bond donors (Lipinski definition) is 0. The van der Waals surface area contributed by atoms with Gasteiger partial charge in [0.1, 0.15) is 11.9 Å². The van der Waals surface area contributed by atoms with E-state index in [1.165, 1.54) is 12.1 Å². The molecular weight excluding hydrogens is 349 g/mol. The van der Waals surface area contributed by atoms with Crippen LogP contribution >= 0.6 is 15.9 Å². The van der Waals surface area contributed by atoms with E-state index in [2.05, 4.69) is 15.9 Å². The highest BCUT2D eigenvalue weighted by Crippen LogP contribution is 2.24. The summed E-state index contributed by atoms with van der Waals surface area (Å²) in [6, 6.07) is 14.2. The van der Waals surface area contributed by atoms with Crippen LogP contribution in [0.5, 0.6) is 0 Å². The van der Waals surface area contributed by atoms with Crippen LogP contribution in [0.1, 0.15) is 22.0 Å². The maximum atomic E-state index is 13.9. The van der Waals surface area contributed by atoms with Crippen LogP contribution in [0.15, 0.2) is 53.0 Å². The average molecular weight is 364 g/mol. The van der Waals surface area contributed by atoms with E-state index in [-0.39, 0.29) is 17.6 Å².